The van der Waals surface area contributed by atoms with Crippen LogP contribution in [0.1, 0.15) is 21.5 Å². The maximum absolute atomic E-state index is 12.1. The van der Waals surface area contributed by atoms with E-state index in [1.54, 1.807) is 25.1 Å². The third-order valence-corrected chi connectivity index (χ3v) is 3.24. The molecule has 0 aliphatic heterocycles. The fourth-order valence-electron chi connectivity index (χ4n) is 1.85. The zero-order valence-electron chi connectivity index (χ0n) is 10.7. The fraction of sp³-hybridized carbons (Fsp3) is 0.133. The van der Waals surface area contributed by atoms with Crippen molar-refractivity contribution in [2.24, 2.45) is 0 Å². The summed E-state index contributed by atoms with van der Waals surface area (Å²) >= 11 is 3.38. The number of phenolic OH excluding ortho intramolecular Hbond substituents is 1. The molecule has 0 radical (unpaired) electrons. The van der Waals surface area contributed by atoms with Crippen LogP contribution < -0.4 is 5.32 Å². The highest BCUT2D eigenvalue weighted by Gasteiger charge is 2.12. The van der Waals surface area contributed by atoms with Gasteiger partial charge in [-0.2, -0.15) is 0 Å². The minimum atomic E-state index is -0.321. The van der Waals surface area contributed by atoms with E-state index in [1.165, 1.54) is 0 Å². The van der Waals surface area contributed by atoms with Crippen molar-refractivity contribution >= 4 is 27.5 Å². The predicted molar refractivity (Wildman–Crippen MR) is 79.7 cm³/mol. The number of halogens is 1. The Bertz CT molecular complexity index is 618. The zero-order valence-corrected chi connectivity index (χ0v) is 12.3. The minimum absolute atomic E-state index is 0.0201. The lowest BCUT2D eigenvalue weighted by atomic mass is 10.1. The van der Waals surface area contributed by atoms with Gasteiger partial charge in [-0.25, -0.2) is 0 Å². The van der Waals surface area contributed by atoms with Gasteiger partial charge in [0.05, 0.1) is 5.56 Å². The summed E-state index contributed by atoms with van der Waals surface area (Å²) in [4.78, 5) is 12.1. The van der Waals surface area contributed by atoms with Crippen molar-refractivity contribution in [3.05, 3.63) is 57.6 Å². The molecule has 0 atom stereocenters. The van der Waals surface area contributed by atoms with Gasteiger partial charge in [0.1, 0.15) is 5.75 Å². The maximum Gasteiger partial charge on any atom is 0.259 e. The quantitative estimate of drug-likeness (QED) is 0.878. The van der Waals surface area contributed by atoms with E-state index >= 15 is 0 Å². The lowest BCUT2D eigenvalue weighted by Gasteiger charge is -2.09. The fourth-order valence-corrected chi connectivity index (χ4v) is 2.46. The van der Waals surface area contributed by atoms with Crippen molar-refractivity contribution in [3.8, 4) is 5.75 Å². The zero-order chi connectivity index (χ0) is 14.0. The Morgan fingerprint density at radius 3 is 2.63 bits per heavy atom. The van der Waals surface area contributed by atoms with Gasteiger partial charge in [-0.05, 0) is 49.2 Å². The molecular weight excluding hydrogens is 306 g/mol. The first-order valence-electron chi connectivity index (χ1n) is 5.84. The molecule has 0 unspecified atom stereocenters. The summed E-state index contributed by atoms with van der Waals surface area (Å²) in [6.07, 6.45) is 0. The summed E-state index contributed by atoms with van der Waals surface area (Å²) in [5, 5.41) is 12.7. The van der Waals surface area contributed by atoms with Crippen molar-refractivity contribution in [2.45, 2.75) is 13.8 Å². The molecule has 0 aliphatic carbocycles. The SMILES string of the molecule is Cc1cc(Br)cc(NC(=O)c2cccc(C)c2O)c1. The average Bonchev–Trinajstić information content (AvgIpc) is 2.31. The topological polar surface area (TPSA) is 49.3 Å². The largest absolute Gasteiger partial charge is 0.507 e. The van der Waals surface area contributed by atoms with Crippen LogP contribution in [0.4, 0.5) is 5.69 Å². The van der Waals surface area contributed by atoms with Gasteiger partial charge < -0.3 is 10.4 Å². The molecule has 0 bridgehead atoms. The number of carbonyl (C=O) groups is 1. The molecule has 2 N–H and O–H groups in total. The summed E-state index contributed by atoms with van der Waals surface area (Å²) in [7, 11) is 0. The lowest BCUT2D eigenvalue weighted by molar-refractivity contribution is 0.102. The molecule has 98 valence electrons. The number of hydrogen-bond acceptors (Lipinski definition) is 2. The highest BCUT2D eigenvalue weighted by Crippen LogP contribution is 2.24. The van der Waals surface area contributed by atoms with Crippen LogP contribution in [0.3, 0.4) is 0 Å². The lowest BCUT2D eigenvalue weighted by Crippen LogP contribution is -2.12. The first-order valence-corrected chi connectivity index (χ1v) is 6.64. The second-order valence-corrected chi connectivity index (χ2v) is 5.36. The van der Waals surface area contributed by atoms with Crippen molar-refractivity contribution in [2.75, 3.05) is 5.32 Å². The Labute approximate surface area is 120 Å². The van der Waals surface area contributed by atoms with Crippen molar-refractivity contribution in [1.82, 2.24) is 0 Å². The van der Waals surface area contributed by atoms with Crippen molar-refractivity contribution in [1.29, 1.82) is 0 Å². The molecule has 0 aliphatic rings. The highest BCUT2D eigenvalue weighted by molar-refractivity contribution is 9.10. The smallest absolute Gasteiger partial charge is 0.259 e. The summed E-state index contributed by atoms with van der Waals surface area (Å²) in [6.45, 7) is 3.71. The summed E-state index contributed by atoms with van der Waals surface area (Å²) in [5.41, 5.74) is 2.69. The van der Waals surface area contributed by atoms with Gasteiger partial charge in [-0.15, -0.1) is 0 Å². The van der Waals surface area contributed by atoms with Gasteiger partial charge in [-0.1, -0.05) is 28.1 Å². The van der Waals surface area contributed by atoms with Gasteiger partial charge >= 0.3 is 0 Å². The Morgan fingerprint density at radius 2 is 1.95 bits per heavy atom. The molecule has 19 heavy (non-hydrogen) atoms. The number of para-hydroxylation sites is 1. The molecule has 0 spiro atoms. The third kappa shape index (κ3) is 3.15. The first-order chi connectivity index (χ1) is 8.97. The van der Waals surface area contributed by atoms with Crippen LogP contribution in [0, 0.1) is 13.8 Å². The molecule has 2 aromatic carbocycles. The van der Waals surface area contributed by atoms with Gasteiger partial charge in [-0.3, -0.25) is 4.79 Å². The Balaban J connectivity index is 2.28. The second kappa shape index (κ2) is 5.45. The molecule has 0 saturated carbocycles. The van der Waals surface area contributed by atoms with Gasteiger partial charge in [0.2, 0.25) is 0 Å². The Hall–Kier alpha value is -1.81. The monoisotopic (exact) mass is 319 g/mol. The van der Waals surface area contributed by atoms with E-state index in [0.717, 1.165) is 10.0 Å². The number of aromatic hydroxyl groups is 1. The minimum Gasteiger partial charge on any atom is -0.507 e. The molecule has 0 fully saturated rings. The van der Waals surface area contributed by atoms with Crippen LogP contribution in [-0.2, 0) is 0 Å². The van der Waals surface area contributed by atoms with Gasteiger partial charge in [0.25, 0.3) is 5.91 Å². The van der Waals surface area contributed by atoms with E-state index in [-0.39, 0.29) is 17.2 Å². The number of aryl methyl sites for hydroxylation is 2. The third-order valence-electron chi connectivity index (χ3n) is 2.78. The first kappa shape index (κ1) is 13.6. The molecule has 2 aromatic rings. The molecular formula is C15H14BrNO2. The van der Waals surface area contributed by atoms with Crippen LogP contribution in [0.25, 0.3) is 0 Å². The van der Waals surface area contributed by atoms with Crippen LogP contribution in [0.15, 0.2) is 40.9 Å². The number of amides is 1. The van der Waals surface area contributed by atoms with E-state index < -0.39 is 0 Å². The predicted octanol–water partition coefficient (Wildman–Crippen LogP) is 4.02. The Morgan fingerprint density at radius 1 is 1.21 bits per heavy atom. The number of rotatable bonds is 2. The van der Waals surface area contributed by atoms with E-state index in [9.17, 15) is 9.90 Å². The second-order valence-electron chi connectivity index (χ2n) is 4.44. The number of nitrogens with one attached hydrogen (secondary N) is 1. The van der Waals surface area contributed by atoms with E-state index in [4.69, 9.17) is 0 Å². The molecule has 3 nitrogen and oxygen atoms in total. The van der Waals surface area contributed by atoms with Crippen LogP contribution in [0.2, 0.25) is 0 Å². The Kier molecular flexibility index (Phi) is 3.90. The number of hydrogen-bond donors (Lipinski definition) is 2. The van der Waals surface area contributed by atoms with Crippen LogP contribution >= 0.6 is 15.9 Å². The molecule has 0 saturated heterocycles. The van der Waals surface area contributed by atoms with Crippen LogP contribution in [0.5, 0.6) is 5.75 Å². The molecule has 2 rings (SSSR count). The average molecular weight is 320 g/mol. The molecule has 1 amide bonds. The van der Waals surface area contributed by atoms with Crippen molar-refractivity contribution in [3.63, 3.8) is 0 Å². The molecule has 0 aromatic heterocycles. The summed E-state index contributed by atoms with van der Waals surface area (Å²) in [5.74, 6) is -0.301. The molecule has 4 heteroatoms. The summed E-state index contributed by atoms with van der Waals surface area (Å²) < 4.78 is 0.899. The van der Waals surface area contributed by atoms with Gasteiger partial charge in [0.15, 0.2) is 0 Å². The van der Waals surface area contributed by atoms with Gasteiger partial charge in [0, 0.05) is 10.2 Å². The maximum atomic E-state index is 12.1. The van der Waals surface area contributed by atoms with E-state index in [0.29, 0.717) is 11.3 Å². The van der Waals surface area contributed by atoms with E-state index in [1.807, 2.05) is 25.1 Å². The highest BCUT2D eigenvalue weighted by atomic mass is 79.9. The van der Waals surface area contributed by atoms with E-state index in [2.05, 4.69) is 21.2 Å². The number of carbonyl (C=O) groups excluding carboxylic acids is 1. The standard InChI is InChI=1S/C15H14BrNO2/c1-9-6-11(16)8-12(7-9)17-15(19)13-5-3-4-10(2)14(13)18/h3-8,18H,1-2H3,(H,17,19). The number of benzene rings is 2. The van der Waals surface area contributed by atoms with Crippen LogP contribution in [-0.4, -0.2) is 11.0 Å². The normalized spacial score (nSPS) is 10.3. The molecule has 0 heterocycles. The number of phenols is 1. The van der Waals surface area contributed by atoms with Crippen molar-refractivity contribution < 1.29 is 9.90 Å². The number of anilines is 1. The summed E-state index contributed by atoms with van der Waals surface area (Å²) in [6, 6.07) is 10.8.